The van der Waals surface area contributed by atoms with E-state index in [-0.39, 0.29) is 18.0 Å². The number of carboxylic acid groups (broad SMARTS) is 1. The Bertz CT molecular complexity index is 556. The molecular formula is C17H23NO5. The van der Waals surface area contributed by atoms with Gasteiger partial charge in [-0.3, -0.25) is 9.59 Å². The molecule has 0 unspecified atom stereocenters. The van der Waals surface area contributed by atoms with Gasteiger partial charge in [-0.05, 0) is 25.0 Å². The highest BCUT2D eigenvalue weighted by atomic mass is 16.5. The maximum absolute atomic E-state index is 12.5. The molecule has 2 N–H and O–H groups in total. The predicted molar refractivity (Wildman–Crippen MR) is 85.0 cm³/mol. The van der Waals surface area contributed by atoms with Gasteiger partial charge in [0.1, 0.15) is 17.1 Å². The minimum absolute atomic E-state index is 0.113. The molecule has 126 valence electrons. The van der Waals surface area contributed by atoms with Crippen molar-refractivity contribution in [1.29, 1.82) is 0 Å². The van der Waals surface area contributed by atoms with E-state index < -0.39 is 11.4 Å². The summed E-state index contributed by atoms with van der Waals surface area (Å²) in [4.78, 5) is 24.2. The Morgan fingerprint density at radius 1 is 1.13 bits per heavy atom. The Kier molecular flexibility index (Phi) is 5.47. The zero-order valence-corrected chi connectivity index (χ0v) is 13.6. The van der Waals surface area contributed by atoms with E-state index in [0.29, 0.717) is 24.3 Å². The molecule has 0 aromatic heterocycles. The SMILES string of the molecule is COc1cccc(OC)c1C(=O)NCC1(C(=O)O)CCCCC1. The maximum atomic E-state index is 12.5. The number of methoxy groups -OCH3 is 2. The Hall–Kier alpha value is -2.24. The van der Waals surface area contributed by atoms with Crippen molar-refractivity contribution in [2.45, 2.75) is 32.1 Å². The fraction of sp³-hybridized carbons (Fsp3) is 0.529. The molecule has 0 spiro atoms. The molecule has 0 aliphatic heterocycles. The molecular weight excluding hydrogens is 298 g/mol. The predicted octanol–water partition coefficient (Wildman–Crippen LogP) is 2.47. The van der Waals surface area contributed by atoms with Crippen LogP contribution in [0.2, 0.25) is 0 Å². The summed E-state index contributed by atoms with van der Waals surface area (Å²) in [6.07, 6.45) is 3.97. The van der Waals surface area contributed by atoms with Gasteiger partial charge in [0.2, 0.25) is 0 Å². The second-order valence-electron chi connectivity index (χ2n) is 5.87. The lowest BCUT2D eigenvalue weighted by Gasteiger charge is -2.33. The van der Waals surface area contributed by atoms with Crippen LogP contribution < -0.4 is 14.8 Å². The highest BCUT2D eigenvalue weighted by Gasteiger charge is 2.40. The summed E-state index contributed by atoms with van der Waals surface area (Å²) in [5, 5.41) is 12.3. The second-order valence-corrected chi connectivity index (χ2v) is 5.87. The van der Waals surface area contributed by atoms with Crippen molar-refractivity contribution in [1.82, 2.24) is 5.32 Å². The van der Waals surface area contributed by atoms with E-state index in [2.05, 4.69) is 5.32 Å². The van der Waals surface area contributed by atoms with Crippen LogP contribution in [0.15, 0.2) is 18.2 Å². The normalized spacial score (nSPS) is 16.4. The van der Waals surface area contributed by atoms with Gasteiger partial charge < -0.3 is 19.9 Å². The van der Waals surface area contributed by atoms with Crippen LogP contribution >= 0.6 is 0 Å². The lowest BCUT2D eigenvalue weighted by Crippen LogP contribution is -2.44. The molecule has 0 atom stereocenters. The monoisotopic (exact) mass is 321 g/mol. The first-order valence-corrected chi connectivity index (χ1v) is 7.76. The Morgan fingerprint density at radius 2 is 1.70 bits per heavy atom. The fourth-order valence-corrected chi connectivity index (χ4v) is 3.11. The molecule has 1 saturated carbocycles. The zero-order chi connectivity index (χ0) is 16.9. The fourth-order valence-electron chi connectivity index (χ4n) is 3.11. The third kappa shape index (κ3) is 3.57. The summed E-state index contributed by atoms with van der Waals surface area (Å²) >= 11 is 0. The number of aliphatic carboxylic acids is 1. The van der Waals surface area contributed by atoms with Crippen LogP contribution in [-0.4, -0.2) is 37.7 Å². The number of benzene rings is 1. The lowest BCUT2D eigenvalue weighted by molar-refractivity contribution is -0.150. The van der Waals surface area contributed by atoms with Crippen molar-refractivity contribution in [2.24, 2.45) is 5.41 Å². The van der Waals surface area contributed by atoms with Gasteiger partial charge in [-0.1, -0.05) is 25.3 Å². The third-order valence-electron chi connectivity index (χ3n) is 4.51. The van der Waals surface area contributed by atoms with E-state index in [1.165, 1.54) is 14.2 Å². The summed E-state index contributed by atoms with van der Waals surface area (Å²) in [6.45, 7) is 0.113. The van der Waals surface area contributed by atoms with Crippen molar-refractivity contribution in [2.75, 3.05) is 20.8 Å². The van der Waals surface area contributed by atoms with Crippen LogP contribution in [0.1, 0.15) is 42.5 Å². The molecule has 23 heavy (non-hydrogen) atoms. The van der Waals surface area contributed by atoms with Gasteiger partial charge in [-0.15, -0.1) is 0 Å². The Morgan fingerprint density at radius 3 is 2.17 bits per heavy atom. The van der Waals surface area contributed by atoms with Crippen LogP contribution in [0, 0.1) is 5.41 Å². The van der Waals surface area contributed by atoms with Crippen LogP contribution in [-0.2, 0) is 4.79 Å². The number of carbonyl (C=O) groups is 2. The number of hydrogen-bond acceptors (Lipinski definition) is 4. The van der Waals surface area contributed by atoms with E-state index in [9.17, 15) is 14.7 Å². The van der Waals surface area contributed by atoms with Crippen LogP contribution in [0.3, 0.4) is 0 Å². The molecule has 1 aromatic rings. The molecule has 0 bridgehead atoms. The van der Waals surface area contributed by atoms with Gasteiger partial charge in [0.25, 0.3) is 5.91 Å². The number of amides is 1. The molecule has 1 aromatic carbocycles. The summed E-state index contributed by atoms with van der Waals surface area (Å²) in [5.74, 6) is -0.431. The molecule has 0 radical (unpaired) electrons. The Balaban J connectivity index is 2.17. The molecule has 2 rings (SSSR count). The van der Waals surface area contributed by atoms with E-state index in [1.54, 1.807) is 18.2 Å². The molecule has 1 amide bonds. The first-order chi connectivity index (χ1) is 11.0. The average molecular weight is 321 g/mol. The minimum atomic E-state index is -0.872. The number of ether oxygens (including phenoxy) is 2. The quantitative estimate of drug-likeness (QED) is 0.841. The van der Waals surface area contributed by atoms with Gasteiger partial charge in [-0.25, -0.2) is 0 Å². The van der Waals surface area contributed by atoms with E-state index in [0.717, 1.165) is 19.3 Å². The summed E-state index contributed by atoms with van der Waals surface area (Å²) in [6, 6.07) is 5.07. The van der Waals surface area contributed by atoms with Crippen LogP contribution in [0.4, 0.5) is 0 Å². The van der Waals surface area contributed by atoms with Crippen molar-refractivity contribution >= 4 is 11.9 Å². The van der Waals surface area contributed by atoms with Gasteiger partial charge in [0.15, 0.2) is 0 Å². The first-order valence-electron chi connectivity index (χ1n) is 7.76. The topological polar surface area (TPSA) is 84.9 Å². The summed E-state index contributed by atoms with van der Waals surface area (Å²) in [5.41, 5.74) is -0.586. The number of carboxylic acids is 1. The van der Waals surface area contributed by atoms with Gasteiger partial charge in [0, 0.05) is 6.54 Å². The first kappa shape index (κ1) is 17.1. The van der Waals surface area contributed by atoms with Crippen molar-refractivity contribution in [3.8, 4) is 11.5 Å². The molecule has 1 aliphatic carbocycles. The molecule has 6 heteroatoms. The smallest absolute Gasteiger partial charge is 0.311 e. The summed E-state index contributed by atoms with van der Waals surface area (Å²) in [7, 11) is 2.96. The third-order valence-corrected chi connectivity index (χ3v) is 4.51. The van der Waals surface area contributed by atoms with Crippen molar-refractivity contribution in [3.05, 3.63) is 23.8 Å². The molecule has 6 nitrogen and oxygen atoms in total. The maximum Gasteiger partial charge on any atom is 0.311 e. The second kappa shape index (κ2) is 7.35. The standard InChI is InChI=1S/C17H23NO5/c1-22-12-7-6-8-13(23-2)14(12)15(19)18-11-17(16(20)21)9-4-3-5-10-17/h6-8H,3-5,9-11H2,1-2H3,(H,18,19)(H,20,21). The van der Waals surface area contributed by atoms with Gasteiger partial charge in [-0.2, -0.15) is 0 Å². The van der Waals surface area contributed by atoms with E-state index >= 15 is 0 Å². The van der Waals surface area contributed by atoms with Crippen LogP contribution in [0.25, 0.3) is 0 Å². The largest absolute Gasteiger partial charge is 0.496 e. The minimum Gasteiger partial charge on any atom is -0.496 e. The number of nitrogens with one attached hydrogen (secondary N) is 1. The lowest BCUT2D eigenvalue weighted by atomic mass is 9.74. The molecule has 0 heterocycles. The van der Waals surface area contributed by atoms with E-state index in [4.69, 9.17) is 9.47 Å². The highest BCUT2D eigenvalue weighted by Crippen LogP contribution is 2.36. The van der Waals surface area contributed by atoms with Crippen molar-refractivity contribution in [3.63, 3.8) is 0 Å². The van der Waals surface area contributed by atoms with Crippen LogP contribution in [0.5, 0.6) is 11.5 Å². The van der Waals surface area contributed by atoms with Gasteiger partial charge >= 0.3 is 5.97 Å². The van der Waals surface area contributed by atoms with E-state index in [1.807, 2.05) is 0 Å². The number of rotatable bonds is 6. The van der Waals surface area contributed by atoms with Gasteiger partial charge in [0.05, 0.1) is 19.6 Å². The average Bonchev–Trinajstić information content (AvgIpc) is 2.59. The van der Waals surface area contributed by atoms with Crippen molar-refractivity contribution < 1.29 is 24.2 Å². The number of carbonyl (C=O) groups excluding carboxylic acids is 1. The Labute approximate surface area is 135 Å². The molecule has 0 saturated heterocycles. The number of hydrogen-bond donors (Lipinski definition) is 2. The molecule has 1 fully saturated rings. The zero-order valence-electron chi connectivity index (χ0n) is 13.6. The molecule has 1 aliphatic rings. The highest BCUT2D eigenvalue weighted by molar-refractivity contribution is 6.00. The summed E-state index contributed by atoms with van der Waals surface area (Å²) < 4.78 is 10.4.